The number of pyridine rings is 1. The molecule has 0 unspecified atom stereocenters. The Bertz CT molecular complexity index is 600. The van der Waals surface area contributed by atoms with E-state index in [1.165, 1.54) is 6.42 Å². The third kappa shape index (κ3) is 6.54. The summed E-state index contributed by atoms with van der Waals surface area (Å²) >= 11 is 0. The van der Waals surface area contributed by atoms with Gasteiger partial charge >= 0.3 is 0 Å². The Balaban J connectivity index is 1.66. The lowest BCUT2D eigenvalue weighted by molar-refractivity contribution is 0.316. The van der Waals surface area contributed by atoms with Crippen LogP contribution in [0.3, 0.4) is 0 Å². The number of sulfonamides is 1. The van der Waals surface area contributed by atoms with Gasteiger partial charge in [0.15, 0.2) is 5.96 Å². The molecule has 23 heavy (non-hydrogen) atoms. The molecule has 1 aromatic rings. The van der Waals surface area contributed by atoms with E-state index in [1.807, 2.05) is 18.2 Å². The van der Waals surface area contributed by atoms with E-state index in [1.54, 1.807) is 13.2 Å². The predicted molar refractivity (Wildman–Crippen MR) is 91.6 cm³/mol. The molecule has 7 nitrogen and oxygen atoms in total. The first-order chi connectivity index (χ1) is 11.1. The van der Waals surface area contributed by atoms with Crippen molar-refractivity contribution in [2.24, 2.45) is 10.9 Å². The monoisotopic (exact) mass is 339 g/mol. The Labute approximate surface area is 138 Å². The first kappa shape index (κ1) is 17.7. The van der Waals surface area contributed by atoms with E-state index >= 15 is 0 Å². The maximum atomic E-state index is 11.9. The lowest BCUT2D eigenvalue weighted by Crippen LogP contribution is -2.41. The van der Waals surface area contributed by atoms with Crippen LogP contribution in [0, 0.1) is 5.92 Å². The molecule has 3 N–H and O–H groups in total. The molecule has 0 bridgehead atoms. The fourth-order valence-electron chi connectivity index (χ4n) is 2.22. The molecule has 0 amide bonds. The summed E-state index contributed by atoms with van der Waals surface area (Å²) in [6.45, 7) is 1.41. The van der Waals surface area contributed by atoms with Gasteiger partial charge in [0.1, 0.15) is 0 Å². The first-order valence-electron chi connectivity index (χ1n) is 7.91. The molecule has 1 saturated carbocycles. The van der Waals surface area contributed by atoms with Crippen LogP contribution in [-0.2, 0) is 16.6 Å². The number of nitrogens with zero attached hydrogens (tertiary/aromatic N) is 2. The van der Waals surface area contributed by atoms with E-state index in [2.05, 4.69) is 25.3 Å². The van der Waals surface area contributed by atoms with Crippen molar-refractivity contribution in [2.75, 3.05) is 25.9 Å². The van der Waals surface area contributed by atoms with Crippen LogP contribution in [0.4, 0.5) is 0 Å². The van der Waals surface area contributed by atoms with E-state index in [4.69, 9.17) is 0 Å². The second-order valence-corrected chi connectivity index (χ2v) is 7.56. The second-order valence-electron chi connectivity index (χ2n) is 5.64. The van der Waals surface area contributed by atoms with Gasteiger partial charge in [-0.1, -0.05) is 12.5 Å². The van der Waals surface area contributed by atoms with Gasteiger partial charge in [-0.3, -0.25) is 9.98 Å². The van der Waals surface area contributed by atoms with E-state index in [0.717, 1.165) is 18.5 Å². The van der Waals surface area contributed by atoms with Crippen molar-refractivity contribution in [2.45, 2.75) is 25.8 Å². The predicted octanol–water partition coefficient (Wildman–Crippen LogP) is 0.466. The van der Waals surface area contributed by atoms with E-state index < -0.39 is 10.0 Å². The van der Waals surface area contributed by atoms with Gasteiger partial charge in [0.05, 0.1) is 18.0 Å². The smallest absolute Gasteiger partial charge is 0.213 e. The highest BCUT2D eigenvalue weighted by molar-refractivity contribution is 7.89. The fraction of sp³-hybridized carbons (Fsp3) is 0.600. The van der Waals surface area contributed by atoms with Gasteiger partial charge in [-0.15, -0.1) is 0 Å². The quantitative estimate of drug-likeness (QED) is 0.473. The summed E-state index contributed by atoms with van der Waals surface area (Å²) in [6.07, 6.45) is 5.20. The third-order valence-corrected chi connectivity index (χ3v) is 5.21. The maximum Gasteiger partial charge on any atom is 0.213 e. The van der Waals surface area contributed by atoms with Crippen molar-refractivity contribution < 1.29 is 8.42 Å². The standard InChI is InChI=1S/C15H25N5O2S/c1-16-15(19-12-14-7-2-3-8-17-14)18-9-10-23(21,22)20-11-13-5-4-6-13/h2-3,7-8,13,20H,4-6,9-12H2,1H3,(H2,16,18,19). The zero-order valence-electron chi connectivity index (χ0n) is 13.5. The molecule has 1 heterocycles. The number of nitrogens with one attached hydrogen (secondary N) is 3. The van der Waals surface area contributed by atoms with Gasteiger partial charge in [0.2, 0.25) is 10.0 Å². The van der Waals surface area contributed by atoms with Gasteiger partial charge in [-0.05, 0) is 30.9 Å². The van der Waals surface area contributed by atoms with E-state index in [-0.39, 0.29) is 5.75 Å². The summed E-state index contributed by atoms with van der Waals surface area (Å²) in [7, 11) is -1.58. The fourth-order valence-corrected chi connectivity index (χ4v) is 3.22. The summed E-state index contributed by atoms with van der Waals surface area (Å²) in [5.41, 5.74) is 0.894. The summed E-state index contributed by atoms with van der Waals surface area (Å²) < 4.78 is 26.5. The number of rotatable bonds is 8. The molecular formula is C15H25N5O2S. The Morgan fingerprint density at radius 2 is 2.17 bits per heavy atom. The van der Waals surface area contributed by atoms with Crippen LogP contribution in [0.25, 0.3) is 0 Å². The molecule has 1 aliphatic carbocycles. The molecule has 1 aliphatic rings. The highest BCUT2D eigenvalue weighted by atomic mass is 32.2. The summed E-state index contributed by atoms with van der Waals surface area (Å²) in [6, 6.07) is 5.69. The lowest BCUT2D eigenvalue weighted by atomic mass is 9.86. The van der Waals surface area contributed by atoms with Crippen LogP contribution in [0.15, 0.2) is 29.4 Å². The molecule has 1 fully saturated rings. The highest BCUT2D eigenvalue weighted by Crippen LogP contribution is 2.25. The van der Waals surface area contributed by atoms with Gasteiger partial charge in [0.25, 0.3) is 0 Å². The second kappa shape index (κ2) is 8.83. The molecule has 2 rings (SSSR count). The summed E-state index contributed by atoms with van der Waals surface area (Å²) in [4.78, 5) is 8.28. The number of aliphatic imine (C=N–C) groups is 1. The minimum Gasteiger partial charge on any atom is -0.355 e. The van der Waals surface area contributed by atoms with Crippen molar-refractivity contribution in [3.8, 4) is 0 Å². The number of aromatic nitrogens is 1. The van der Waals surface area contributed by atoms with Crippen LogP contribution in [0.2, 0.25) is 0 Å². The summed E-state index contributed by atoms with van der Waals surface area (Å²) in [5.74, 6) is 1.11. The van der Waals surface area contributed by atoms with Crippen molar-refractivity contribution in [1.29, 1.82) is 0 Å². The minimum absolute atomic E-state index is 0.0318. The largest absolute Gasteiger partial charge is 0.355 e. The van der Waals surface area contributed by atoms with Crippen LogP contribution in [-0.4, -0.2) is 45.3 Å². The summed E-state index contributed by atoms with van der Waals surface area (Å²) in [5, 5.41) is 6.10. The first-order valence-corrected chi connectivity index (χ1v) is 9.56. The Kier molecular flexibility index (Phi) is 6.79. The van der Waals surface area contributed by atoms with Crippen molar-refractivity contribution >= 4 is 16.0 Å². The highest BCUT2D eigenvalue weighted by Gasteiger charge is 2.19. The SMILES string of the molecule is CN=C(NCCS(=O)(=O)NCC1CCC1)NCc1ccccn1. The molecule has 0 aromatic carbocycles. The Hall–Kier alpha value is -1.67. The van der Waals surface area contributed by atoms with Crippen LogP contribution >= 0.6 is 0 Å². The topological polar surface area (TPSA) is 95.5 Å². The average Bonchev–Trinajstić information content (AvgIpc) is 2.50. The van der Waals surface area contributed by atoms with Crippen LogP contribution < -0.4 is 15.4 Å². The molecule has 0 radical (unpaired) electrons. The van der Waals surface area contributed by atoms with Crippen molar-refractivity contribution in [3.63, 3.8) is 0 Å². The third-order valence-electron chi connectivity index (χ3n) is 3.87. The maximum absolute atomic E-state index is 11.9. The lowest BCUT2D eigenvalue weighted by Gasteiger charge is -2.25. The molecule has 0 atom stereocenters. The molecule has 8 heteroatoms. The average molecular weight is 339 g/mol. The van der Waals surface area contributed by atoms with Crippen molar-refractivity contribution in [3.05, 3.63) is 30.1 Å². The van der Waals surface area contributed by atoms with Gasteiger partial charge in [-0.2, -0.15) is 0 Å². The molecule has 0 spiro atoms. The molecule has 128 valence electrons. The molecule has 1 aromatic heterocycles. The van der Waals surface area contributed by atoms with Crippen LogP contribution in [0.5, 0.6) is 0 Å². The van der Waals surface area contributed by atoms with Crippen molar-refractivity contribution in [1.82, 2.24) is 20.3 Å². The number of hydrogen-bond donors (Lipinski definition) is 3. The molecule has 0 aliphatic heterocycles. The van der Waals surface area contributed by atoms with Gasteiger partial charge < -0.3 is 10.6 Å². The Morgan fingerprint density at radius 3 is 2.78 bits per heavy atom. The molecule has 0 saturated heterocycles. The number of hydrogen-bond acceptors (Lipinski definition) is 4. The minimum atomic E-state index is -3.23. The molecular weight excluding hydrogens is 314 g/mol. The van der Waals surface area contributed by atoms with Crippen LogP contribution in [0.1, 0.15) is 25.0 Å². The Morgan fingerprint density at radius 1 is 1.35 bits per heavy atom. The van der Waals surface area contributed by atoms with Gasteiger partial charge in [-0.25, -0.2) is 13.1 Å². The van der Waals surface area contributed by atoms with E-state index in [9.17, 15) is 8.42 Å². The zero-order chi connectivity index (χ0) is 16.5. The normalized spacial score (nSPS) is 16.0. The van der Waals surface area contributed by atoms with E-state index in [0.29, 0.717) is 31.5 Å². The zero-order valence-corrected chi connectivity index (χ0v) is 14.3. The number of guanidine groups is 1. The van der Waals surface area contributed by atoms with Gasteiger partial charge in [0, 0.05) is 26.3 Å².